The zero-order valence-corrected chi connectivity index (χ0v) is 16.2. The van der Waals surface area contributed by atoms with Crippen LogP contribution in [0.15, 0.2) is 54.7 Å². The van der Waals surface area contributed by atoms with E-state index in [0.717, 1.165) is 34.9 Å². The molecule has 0 radical (unpaired) electrons. The van der Waals surface area contributed by atoms with Gasteiger partial charge in [0.1, 0.15) is 5.82 Å². The Bertz CT molecular complexity index is 1010. The Morgan fingerprint density at radius 2 is 1.93 bits per heavy atom. The number of aromatic nitrogens is 1. The predicted molar refractivity (Wildman–Crippen MR) is 110 cm³/mol. The minimum atomic E-state index is -0.295. The van der Waals surface area contributed by atoms with Crippen molar-refractivity contribution in [1.82, 2.24) is 15.2 Å². The van der Waals surface area contributed by atoms with E-state index in [1.165, 1.54) is 12.1 Å². The summed E-state index contributed by atoms with van der Waals surface area (Å²) in [6.07, 6.45) is 3.80. The number of para-hydroxylation sites is 1. The number of nitrogens with zero attached hydrogens (tertiary/aromatic N) is 1. The lowest BCUT2D eigenvalue weighted by atomic mass is 9.96. The van der Waals surface area contributed by atoms with Gasteiger partial charge in [-0.05, 0) is 42.2 Å². The highest BCUT2D eigenvalue weighted by Gasteiger charge is 2.28. The van der Waals surface area contributed by atoms with Gasteiger partial charge in [-0.25, -0.2) is 4.39 Å². The smallest absolute Gasteiger partial charge is 0.227 e. The molecule has 29 heavy (non-hydrogen) atoms. The Morgan fingerprint density at radius 3 is 2.76 bits per heavy atom. The second-order valence-corrected chi connectivity index (χ2v) is 7.56. The highest BCUT2D eigenvalue weighted by molar-refractivity contribution is 5.89. The standard InChI is InChI=1S/C23H24FN3O2/c24-19-9-7-16(8-10-19)13-26-23(29)17-4-3-11-27(15-17)22(28)12-18-14-25-21-6-2-1-5-20(18)21/h1-2,5-10,14,17,25H,3-4,11-13,15H2,(H,26,29)/t17-/m1/s1. The summed E-state index contributed by atoms with van der Waals surface area (Å²) in [5.74, 6) is -0.516. The maximum atomic E-state index is 13.0. The number of nitrogens with one attached hydrogen (secondary N) is 2. The molecule has 6 heteroatoms. The Morgan fingerprint density at radius 1 is 1.14 bits per heavy atom. The molecule has 2 N–H and O–H groups in total. The van der Waals surface area contributed by atoms with E-state index in [2.05, 4.69) is 10.3 Å². The van der Waals surface area contributed by atoms with Crippen LogP contribution in [-0.4, -0.2) is 34.8 Å². The number of halogens is 1. The fourth-order valence-corrected chi connectivity index (χ4v) is 3.91. The fraction of sp³-hybridized carbons (Fsp3) is 0.304. The van der Waals surface area contributed by atoms with Gasteiger partial charge in [0.05, 0.1) is 12.3 Å². The minimum Gasteiger partial charge on any atom is -0.361 e. The number of hydrogen-bond donors (Lipinski definition) is 2. The van der Waals surface area contributed by atoms with Gasteiger partial charge in [-0.2, -0.15) is 0 Å². The summed E-state index contributed by atoms with van der Waals surface area (Å²) in [6.45, 7) is 1.48. The average molecular weight is 393 g/mol. The number of rotatable bonds is 5. The van der Waals surface area contributed by atoms with Gasteiger partial charge >= 0.3 is 0 Å². The number of fused-ring (bicyclic) bond motifs is 1. The second-order valence-electron chi connectivity index (χ2n) is 7.56. The van der Waals surface area contributed by atoms with Gasteiger partial charge in [-0.15, -0.1) is 0 Å². The molecule has 0 spiro atoms. The summed E-state index contributed by atoms with van der Waals surface area (Å²) in [4.78, 5) is 30.4. The van der Waals surface area contributed by atoms with Crippen LogP contribution in [0, 0.1) is 11.7 Å². The van der Waals surface area contributed by atoms with Gasteiger partial charge in [0, 0.05) is 36.7 Å². The van der Waals surface area contributed by atoms with Gasteiger partial charge in [0.25, 0.3) is 0 Å². The van der Waals surface area contributed by atoms with E-state index in [0.29, 0.717) is 26.1 Å². The number of likely N-dealkylation sites (tertiary alicyclic amines) is 1. The number of carbonyl (C=O) groups is 2. The molecule has 5 nitrogen and oxygen atoms in total. The number of hydrogen-bond acceptors (Lipinski definition) is 2. The molecule has 1 aromatic heterocycles. The van der Waals surface area contributed by atoms with Crippen molar-refractivity contribution in [2.75, 3.05) is 13.1 Å². The zero-order valence-electron chi connectivity index (χ0n) is 16.2. The van der Waals surface area contributed by atoms with Gasteiger partial charge < -0.3 is 15.2 Å². The summed E-state index contributed by atoms with van der Waals surface area (Å²) in [5, 5.41) is 3.97. The summed E-state index contributed by atoms with van der Waals surface area (Å²) in [6, 6.07) is 14.0. The maximum absolute atomic E-state index is 13.0. The lowest BCUT2D eigenvalue weighted by molar-refractivity contribution is -0.135. The van der Waals surface area contributed by atoms with E-state index in [1.807, 2.05) is 30.5 Å². The normalized spacial score (nSPS) is 16.7. The highest BCUT2D eigenvalue weighted by atomic mass is 19.1. The van der Waals surface area contributed by atoms with Gasteiger partial charge in [0.15, 0.2) is 0 Å². The third kappa shape index (κ3) is 4.47. The van der Waals surface area contributed by atoms with Crippen molar-refractivity contribution in [1.29, 1.82) is 0 Å². The van der Waals surface area contributed by atoms with Crippen molar-refractivity contribution in [3.05, 3.63) is 71.7 Å². The lowest BCUT2D eigenvalue weighted by Crippen LogP contribution is -2.45. The molecule has 0 bridgehead atoms. The molecule has 4 rings (SSSR count). The number of aromatic amines is 1. The van der Waals surface area contributed by atoms with Crippen LogP contribution in [0.25, 0.3) is 10.9 Å². The Balaban J connectivity index is 1.34. The lowest BCUT2D eigenvalue weighted by Gasteiger charge is -2.32. The molecular weight excluding hydrogens is 369 g/mol. The molecule has 1 aliphatic heterocycles. The largest absolute Gasteiger partial charge is 0.361 e. The molecule has 3 aromatic rings. The Hall–Kier alpha value is -3.15. The van der Waals surface area contributed by atoms with E-state index in [4.69, 9.17) is 0 Å². The summed E-state index contributed by atoms with van der Waals surface area (Å²) < 4.78 is 13.0. The molecule has 1 atom stereocenters. The molecule has 0 unspecified atom stereocenters. The molecule has 150 valence electrons. The quantitative estimate of drug-likeness (QED) is 0.698. The van der Waals surface area contributed by atoms with Crippen molar-refractivity contribution in [3.8, 4) is 0 Å². The van der Waals surface area contributed by atoms with Crippen molar-refractivity contribution >= 4 is 22.7 Å². The van der Waals surface area contributed by atoms with Gasteiger partial charge in [-0.1, -0.05) is 30.3 Å². The van der Waals surface area contributed by atoms with Crippen LogP contribution in [0.4, 0.5) is 4.39 Å². The third-order valence-corrected chi connectivity index (χ3v) is 5.54. The molecule has 0 aliphatic carbocycles. The fourth-order valence-electron chi connectivity index (χ4n) is 3.91. The summed E-state index contributed by atoms with van der Waals surface area (Å²) >= 11 is 0. The van der Waals surface area contributed by atoms with Crippen LogP contribution in [0.1, 0.15) is 24.0 Å². The average Bonchev–Trinajstić information content (AvgIpc) is 3.16. The predicted octanol–water partition coefficient (Wildman–Crippen LogP) is 3.40. The Kier molecular flexibility index (Phi) is 5.60. The van der Waals surface area contributed by atoms with E-state index >= 15 is 0 Å². The number of carbonyl (C=O) groups excluding carboxylic acids is 2. The first kappa shape index (κ1) is 19.2. The third-order valence-electron chi connectivity index (χ3n) is 5.54. The van der Waals surface area contributed by atoms with Gasteiger partial charge in [-0.3, -0.25) is 9.59 Å². The number of piperidine rings is 1. The zero-order chi connectivity index (χ0) is 20.2. The molecule has 1 saturated heterocycles. The molecule has 2 amide bonds. The van der Waals surface area contributed by atoms with E-state index in [9.17, 15) is 14.0 Å². The number of benzene rings is 2. The van der Waals surface area contributed by atoms with E-state index in [-0.39, 0.29) is 23.5 Å². The second kappa shape index (κ2) is 8.47. The van der Waals surface area contributed by atoms with Crippen LogP contribution >= 0.6 is 0 Å². The van der Waals surface area contributed by atoms with Gasteiger partial charge in [0.2, 0.25) is 11.8 Å². The first-order valence-electron chi connectivity index (χ1n) is 9.95. The maximum Gasteiger partial charge on any atom is 0.227 e. The van der Waals surface area contributed by atoms with E-state index in [1.54, 1.807) is 17.0 Å². The summed E-state index contributed by atoms with van der Waals surface area (Å²) in [5.41, 5.74) is 2.85. The topological polar surface area (TPSA) is 65.2 Å². The molecule has 2 aromatic carbocycles. The highest BCUT2D eigenvalue weighted by Crippen LogP contribution is 2.21. The first-order chi connectivity index (χ1) is 14.1. The summed E-state index contributed by atoms with van der Waals surface area (Å²) in [7, 11) is 0. The number of amides is 2. The van der Waals surface area contributed by atoms with Crippen LogP contribution in [0.5, 0.6) is 0 Å². The van der Waals surface area contributed by atoms with Crippen molar-refractivity contribution in [3.63, 3.8) is 0 Å². The Labute approximate surface area is 168 Å². The van der Waals surface area contributed by atoms with Crippen LogP contribution in [0.2, 0.25) is 0 Å². The minimum absolute atomic E-state index is 0.0470. The molecule has 2 heterocycles. The molecular formula is C23H24FN3O2. The molecule has 0 saturated carbocycles. The van der Waals surface area contributed by atoms with E-state index < -0.39 is 0 Å². The molecule has 1 fully saturated rings. The van der Waals surface area contributed by atoms with Crippen molar-refractivity contribution in [2.24, 2.45) is 5.92 Å². The van der Waals surface area contributed by atoms with Crippen LogP contribution in [-0.2, 0) is 22.6 Å². The first-order valence-corrected chi connectivity index (χ1v) is 9.95. The molecule has 1 aliphatic rings. The van der Waals surface area contributed by atoms with Crippen molar-refractivity contribution < 1.29 is 14.0 Å². The van der Waals surface area contributed by atoms with Crippen LogP contribution < -0.4 is 5.32 Å². The number of H-pyrrole nitrogens is 1. The SMILES string of the molecule is O=C(NCc1ccc(F)cc1)[C@@H]1CCCN(C(=O)Cc2c[nH]c3ccccc23)C1. The van der Waals surface area contributed by atoms with Crippen molar-refractivity contribution in [2.45, 2.75) is 25.8 Å². The monoisotopic (exact) mass is 393 g/mol. The van der Waals surface area contributed by atoms with Crippen LogP contribution in [0.3, 0.4) is 0 Å².